The number of hydrogen-bond acceptors (Lipinski definition) is 10. The molecule has 0 radical (unpaired) electrons. The van der Waals surface area contributed by atoms with E-state index in [1.807, 2.05) is 52.0 Å². The van der Waals surface area contributed by atoms with Crippen LogP contribution in [0.1, 0.15) is 22.3 Å². The normalized spacial score (nSPS) is 12.5. The van der Waals surface area contributed by atoms with Crippen LogP contribution in [-0.4, -0.2) is 36.2 Å². The molecule has 4 N–H and O–H groups in total. The molecule has 0 spiro atoms. The van der Waals surface area contributed by atoms with Gasteiger partial charge in [-0.2, -0.15) is 16.8 Å². The van der Waals surface area contributed by atoms with Gasteiger partial charge in [0.25, 0.3) is 20.2 Å². The molecule has 50 heavy (non-hydrogen) atoms. The van der Waals surface area contributed by atoms with Crippen LogP contribution in [0, 0.1) is 27.7 Å². The van der Waals surface area contributed by atoms with E-state index in [0.717, 1.165) is 45.5 Å². The number of aryl methyl sites for hydroxylation is 4. The highest BCUT2D eigenvalue weighted by Gasteiger charge is 2.21. The first-order valence-electron chi connectivity index (χ1n) is 15.1. The van der Waals surface area contributed by atoms with Gasteiger partial charge in [0.15, 0.2) is 11.5 Å². The molecule has 14 heteroatoms. The Bertz CT molecular complexity index is 2440. The average Bonchev–Trinajstić information content (AvgIpc) is 3.04. The van der Waals surface area contributed by atoms with Crippen LogP contribution < -0.4 is 0 Å². The number of hydrogen-bond donors (Lipinski definition) is 4. The first-order chi connectivity index (χ1) is 23.5. The molecule has 0 amide bonds. The van der Waals surface area contributed by atoms with Gasteiger partial charge in [-0.05, 0) is 97.5 Å². The number of phenolic OH excluding ortho intramolecular Hbond substituents is 2. The Balaban J connectivity index is 1.34. The van der Waals surface area contributed by atoms with Crippen LogP contribution in [0.5, 0.6) is 11.5 Å². The summed E-state index contributed by atoms with van der Waals surface area (Å²) in [5.41, 5.74) is 5.49. The summed E-state index contributed by atoms with van der Waals surface area (Å²) in [6.45, 7) is 7.36. The maximum Gasteiger partial charge on any atom is 0.295 e. The highest BCUT2D eigenvalue weighted by atomic mass is 32.2. The third kappa shape index (κ3) is 6.44. The van der Waals surface area contributed by atoms with Crippen molar-refractivity contribution in [3.05, 3.63) is 107 Å². The third-order valence-electron chi connectivity index (χ3n) is 8.30. The summed E-state index contributed by atoms with van der Waals surface area (Å²) in [6.07, 6.45) is 0. The molecule has 0 fully saturated rings. The third-order valence-corrected chi connectivity index (χ3v) is 10.1. The van der Waals surface area contributed by atoms with E-state index in [1.165, 1.54) is 24.3 Å². The van der Waals surface area contributed by atoms with Gasteiger partial charge in [0.2, 0.25) is 0 Å². The number of rotatable bonds is 7. The zero-order valence-corrected chi connectivity index (χ0v) is 28.7. The largest absolute Gasteiger partial charge is 0.505 e. The molecule has 6 aromatic rings. The molecule has 0 unspecified atom stereocenters. The molecule has 0 aliphatic heterocycles. The lowest BCUT2D eigenvalue weighted by Crippen LogP contribution is -1.99. The fourth-order valence-corrected chi connectivity index (χ4v) is 7.41. The summed E-state index contributed by atoms with van der Waals surface area (Å²) in [5.74, 6) is -0.553. The monoisotopic (exact) mass is 710 g/mol. The topological polar surface area (TPSA) is 199 Å². The SMILES string of the molecule is Cc1cc(-c2cc(C)c(/N=N/c3cc(S(=O)(=O)O)c4ccccc4c3O)c(C)c2)cc(C)c1/N=N/c1cc(S(=O)(=O)O)c2ccccc2c1O. The van der Waals surface area contributed by atoms with Crippen LogP contribution in [0.15, 0.2) is 115 Å². The van der Waals surface area contributed by atoms with Crippen LogP contribution in [0.4, 0.5) is 22.7 Å². The van der Waals surface area contributed by atoms with Crippen molar-refractivity contribution in [2.45, 2.75) is 37.5 Å². The van der Waals surface area contributed by atoms with E-state index in [0.29, 0.717) is 11.4 Å². The molecule has 0 bridgehead atoms. The van der Waals surface area contributed by atoms with Crippen LogP contribution in [0.2, 0.25) is 0 Å². The molecule has 0 saturated heterocycles. The predicted molar refractivity (Wildman–Crippen MR) is 190 cm³/mol. The number of phenols is 2. The number of aromatic hydroxyl groups is 2. The number of fused-ring (bicyclic) bond motifs is 2. The zero-order chi connectivity index (χ0) is 36.1. The van der Waals surface area contributed by atoms with E-state index in [4.69, 9.17) is 0 Å². The van der Waals surface area contributed by atoms with E-state index < -0.39 is 30.0 Å². The molecule has 6 aromatic carbocycles. The Labute approximate surface area is 287 Å². The van der Waals surface area contributed by atoms with Gasteiger partial charge in [-0.25, -0.2) is 0 Å². The average molecular weight is 711 g/mol. The van der Waals surface area contributed by atoms with Crippen molar-refractivity contribution < 1.29 is 36.2 Å². The molecular formula is C36H30N4O8S2. The Morgan fingerprint density at radius 3 is 1.06 bits per heavy atom. The predicted octanol–water partition coefficient (Wildman–Crippen LogP) is 9.63. The van der Waals surface area contributed by atoms with Crippen molar-refractivity contribution in [3.8, 4) is 22.6 Å². The molecule has 12 nitrogen and oxygen atoms in total. The highest BCUT2D eigenvalue weighted by Crippen LogP contribution is 2.42. The number of benzene rings is 6. The fraction of sp³-hybridized carbons (Fsp3) is 0.111. The van der Waals surface area contributed by atoms with Crippen LogP contribution >= 0.6 is 0 Å². The van der Waals surface area contributed by atoms with E-state index in [-0.39, 0.29) is 44.4 Å². The van der Waals surface area contributed by atoms with Crippen molar-refractivity contribution in [1.82, 2.24) is 0 Å². The van der Waals surface area contributed by atoms with Gasteiger partial charge in [0.05, 0.1) is 11.4 Å². The van der Waals surface area contributed by atoms with Gasteiger partial charge in [-0.3, -0.25) is 9.11 Å². The maximum atomic E-state index is 12.1. The van der Waals surface area contributed by atoms with Gasteiger partial charge < -0.3 is 10.2 Å². The van der Waals surface area contributed by atoms with Gasteiger partial charge in [0.1, 0.15) is 21.2 Å². The molecule has 254 valence electrons. The molecule has 0 aliphatic rings. The lowest BCUT2D eigenvalue weighted by molar-refractivity contribution is 0.477. The molecule has 0 saturated carbocycles. The van der Waals surface area contributed by atoms with E-state index >= 15 is 0 Å². The molecular weight excluding hydrogens is 681 g/mol. The Hall–Kier alpha value is -5.54. The summed E-state index contributed by atoms with van der Waals surface area (Å²) < 4.78 is 68.0. The van der Waals surface area contributed by atoms with Crippen LogP contribution in [-0.2, 0) is 20.2 Å². The Morgan fingerprint density at radius 2 is 0.760 bits per heavy atom. The van der Waals surface area contributed by atoms with Gasteiger partial charge in [-0.15, -0.1) is 20.5 Å². The summed E-state index contributed by atoms with van der Waals surface area (Å²) in [5, 5.41) is 39.4. The lowest BCUT2D eigenvalue weighted by atomic mass is 9.95. The molecule has 6 rings (SSSR count). The second-order valence-corrected chi connectivity index (χ2v) is 14.6. The van der Waals surface area contributed by atoms with E-state index in [9.17, 15) is 36.2 Å². The van der Waals surface area contributed by atoms with E-state index in [1.54, 1.807) is 24.3 Å². The zero-order valence-electron chi connectivity index (χ0n) is 27.1. The standard InChI is InChI=1S/C36H30N4O8S2/c1-19-13-23(14-20(2)33(19)39-37-29-17-31(49(43,44)45)25-9-5-7-11-27(25)35(29)41)24-15-21(3)34(22(4)16-24)40-38-30-18-32(50(46,47)48)26-10-6-8-12-28(26)36(30)42/h5-18,41-42H,1-4H3,(H,43,44,45)(H,46,47,48)/b39-37+,40-38+. The molecule has 0 heterocycles. The van der Waals surface area contributed by atoms with Gasteiger partial charge in [-0.1, -0.05) is 48.5 Å². The van der Waals surface area contributed by atoms with Crippen molar-refractivity contribution >= 4 is 64.5 Å². The van der Waals surface area contributed by atoms with Gasteiger partial charge >= 0.3 is 0 Å². The van der Waals surface area contributed by atoms with Crippen LogP contribution in [0.25, 0.3) is 32.7 Å². The summed E-state index contributed by atoms with van der Waals surface area (Å²) in [7, 11) is -9.23. The highest BCUT2D eigenvalue weighted by molar-refractivity contribution is 7.86. The fourth-order valence-electron chi connectivity index (χ4n) is 5.97. The van der Waals surface area contributed by atoms with Crippen molar-refractivity contribution in [2.75, 3.05) is 0 Å². The minimum absolute atomic E-state index is 0.124. The Kier molecular flexibility index (Phi) is 8.74. The minimum atomic E-state index is -4.62. The first kappa shape index (κ1) is 34.3. The Morgan fingerprint density at radius 1 is 0.460 bits per heavy atom. The summed E-state index contributed by atoms with van der Waals surface area (Å²) in [6, 6.07) is 22.2. The summed E-state index contributed by atoms with van der Waals surface area (Å²) >= 11 is 0. The number of nitrogens with zero attached hydrogens (tertiary/aromatic N) is 4. The first-order valence-corrected chi connectivity index (χ1v) is 17.9. The molecule has 0 atom stereocenters. The second kappa shape index (κ2) is 12.7. The summed E-state index contributed by atoms with van der Waals surface area (Å²) in [4.78, 5) is -0.788. The maximum absolute atomic E-state index is 12.1. The van der Waals surface area contributed by atoms with Crippen molar-refractivity contribution in [1.29, 1.82) is 0 Å². The lowest BCUT2D eigenvalue weighted by Gasteiger charge is -2.13. The van der Waals surface area contributed by atoms with Crippen LogP contribution in [0.3, 0.4) is 0 Å². The second-order valence-electron chi connectivity index (χ2n) is 11.8. The minimum Gasteiger partial charge on any atom is -0.505 e. The number of azo groups is 2. The smallest absolute Gasteiger partial charge is 0.295 e. The van der Waals surface area contributed by atoms with Crippen molar-refractivity contribution in [3.63, 3.8) is 0 Å². The molecule has 0 aromatic heterocycles. The molecule has 0 aliphatic carbocycles. The quantitative estimate of drug-likeness (QED) is 0.0926. The van der Waals surface area contributed by atoms with E-state index in [2.05, 4.69) is 20.5 Å². The van der Waals surface area contributed by atoms with Crippen molar-refractivity contribution in [2.24, 2.45) is 20.5 Å². The van der Waals surface area contributed by atoms with Gasteiger partial charge in [0, 0.05) is 21.5 Å².